The lowest BCUT2D eigenvalue weighted by atomic mass is 9.98. The van der Waals surface area contributed by atoms with Crippen LogP contribution in [0, 0.1) is 5.82 Å². The number of amides is 3. The smallest absolute Gasteiger partial charge is 0.255 e. The van der Waals surface area contributed by atoms with Crippen LogP contribution in [0.5, 0.6) is 0 Å². The molecule has 38 heavy (non-hydrogen) atoms. The van der Waals surface area contributed by atoms with Crippen molar-refractivity contribution < 1.29 is 38.6 Å². The lowest BCUT2D eigenvalue weighted by Crippen LogP contribution is -2.56. The van der Waals surface area contributed by atoms with Crippen LogP contribution in [0.4, 0.5) is 10.1 Å². The average Bonchev–Trinajstić information content (AvgIpc) is 3.14. The van der Waals surface area contributed by atoms with Gasteiger partial charge in [0.25, 0.3) is 5.91 Å². The second-order valence-corrected chi connectivity index (χ2v) is 10.4. The van der Waals surface area contributed by atoms with Gasteiger partial charge in [-0.25, -0.2) is 4.39 Å². The van der Waals surface area contributed by atoms with Crippen molar-refractivity contribution in [3.8, 4) is 0 Å². The maximum absolute atomic E-state index is 15.7. The van der Waals surface area contributed by atoms with E-state index in [-0.39, 0.29) is 23.6 Å². The standard InChI is InChI=1S/C29H35FN4O4/c1-28(2)16-33(17-29(3,4)38-28)14-18-8-9-19(22(30)12-18)13-31-23-7-5-6-20-21(23)15-34(27(20)37)24-10-11-25(35)32-26(24)36/h5-9,12,24,31H,10-11,13-17H2,1-4H3,(H,32,35,36)/i10D2,11D2,13D2,14D2,15D2,24D. The zero-order chi connectivity index (χ0) is 37.1. The van der Waals surface area contributed by atoms with Gasteiger partial charge in [-0.15, -0.1) is 0 Å². The Bertz CT molecular complexity index is 1760. The van der Waals surface area contributed by atoms with Crippen LogP contribution in [0.1, 0.15) is 82.6 Å². The van der Waals surface area contributed by atoms with Crippen molar-refractivity contribution in [1.29, 1.82) is 0 Å². The molecule has 3 aliphatic heterocycles. The second kappa shape index (κ2) is 9.78. The molecular formula is C29H35FN4O4. The number of nitrogens with zero attached hydrogens (tertiary/aromatic N) is 2. The number of anilines is 1. The number of nitrogens with one attached hydrogen (secondary N) is 2. The zero-order valence-electron chi connectivity index (χ0n) is 32.3. The van der Waals surface area contributed by atoms with Crippen LogP contribution in [0.25, 0.3) is 0 Å². The molecular weight excluding hydrogens is 487 g/mol. The van der Waals surface area contributed by atoms with Gasteiger partial charge in [0, 0.05) is 69.6 Å². The summed E-state index contributed by atoms with van der Waals surface area (Å²) in [7, 11) is 0. The molecule has 9 heteroatoms. The molecule has 202 valence electrons. The number of fused-ring (bicyclic) bond motifs is 1. The minimum atomic E-state index is -3.77. The highest BCUT2D eigenvalue weighted by atomic mass is 19.1. The molecule has 0 bridgehead atoms. The predicted molar refractivity (Wildman–Crippen MR) is 141 cm³/mol. The minimum absolute atomic E-state index is 0.102. The monoisotopic (exact) mass is 533 g/mol. The van der Waals surface area contributed by atoms with E-state index in [1.807, 2.05) is 0 Å². The Kier molecular flexibility index (Phi) is 4.11. The van der Waals surface area contributed by atoms with Crippen molar-refractivity contribution in [1.82, 2.24) is 15.1 Å². The molecule has 0 saturated carbocycles. The molecule has 5 rings (SSSR count). The summed E-state index contributed by atoms with van der Waals surface area (Å²) in [5, 5.41) is 3.86. The van der Waals surface area contributed by atoms with E-state index in [4.69, 9.17) is 19.8 Å². The van der Waals surface area contributed by atoms with Gasteiger partial charge in [0.15, 0.2) is 0 Å². The fourth-order valence-electron chi connectivity index (χ4n) is 4.79. The third-order valence-corrected chi connectivity index (χ3v) is 5.97. The summed E-state index contributed by atoms with van der Waals surface area (Å²) in [6.07, 6.45) is -7.32. The number of ether oxygens (including phenoxy) is 1. The molecule has 2 saturated heterocycles. The molecule has 2 N–H and O–H groups in total. The number of halogens is 1. The Labute approximate surface area is 238 Å². The molecule has 1 unspecified atom stereocenters. The largest absolute Gasteiger partial charge is 0.381 e. The summed E-state index contributed by atoms with van der Waals surface area (Å²) in [5.74, 6) is -6.08. The van der Waals surface area contributed by atoms with Gasteiger partial charge < -0.3 is 15.0 Å². The van der Waals surface area contributed by atoms with E-state index in [1.165, 1.54) is 22.3 Å². The predicted octanol–water partition coefficient (Wildman–Crippen LogP) is 3.59. The normalized spacial score (nSPS) is 33.8. The average molecular weight is 534 g/mol. The quantitative estimate of drug-likeness (QED) is 0.552. The number of imide groups is 1. The third kappa shape index (κ3) is 5.44. The molecule has 3 heterocycles. The fraction of sp³-hybridized carbons (Fsp3) is 0.483. The van der Waals surface area contributed by atoms with E-state index in [9.17, 15) is 14.4 Å². The van der Waals surface area contributed by atoms with Crippen molar-refractivity contribution in [3.63, 3.8) is 0 Å². The number of carbonyl (C=O) groups excluding carboxylic acids is 3. The Morgan fingerprint density at radius 1 is 1.18 bits per heavy atom. The van der Waals surface area contributed by atoms with Gasteiger partial charge in [-0.3, -0.25) is 24.6 Å². The SMILES string of the molecule is [2H]C([2H])(Nc1cccc2c1C([2H])([2H])N(C1([2H])C(=O)NC(=O)C([2H])([2H])C1([2H])[2H])C2=O)c1ccc(C([2H])([2H])N2CC(C)(C)OC(C)(C)C2)cc1F. The van der Waals surface area contributed by atoms with Crippen LogP contribution in [-0.2, 0) is 33.8 Å². The summed E-state index contributed by atoms with van der Waals surface area (Å²) >= 11 is 0. The summed E-state index contributed by atoms with van der Waals surface area (Å²) in [5.41, 5.74) is -3.78. The van der Waals surface area contributed by atoms with Crippen LogP contribution in [0.3, 0.4) is 0 Å². The van der Waals surface area contributed by atoms with E-state index in [0.717, 1.165) is 24.3 Å². The van der Waals surface area contributed by atoms with E-state index >= 15 is 4.39 Å². The van der Waals surface area contributed by atoms with E-state index in [0.29, 0.717) is 0 Å². The minimum Gasteiger partial charge on any atom is -0.381 e. The molecule has 2 aromatic rings. The Balaban J connectivity index is 1.50. The zero-order valence-corrected chi connectivity index (χ0v) is 21.3. The number of hydrogen-bond donors (Lipinski definition) is 2. The van der Waals surface area contributed by atoms with Gasteiger partial charge >= 0.3 is 0 Å². The first-order chi connectivity index (χ1) is 22.0. The van der Waals surface area contributed by atoms with Crippen molar-refractivity contribution >= 4 is 23.4 Å². The first-order valence-electron chi connectivity index (χ1n) is 17.4. The van der Waals surface area contributed by atoms with Gasteiger partial charge in [-0.05, 0) is 57.8 Å². The third-order valence-electron chi connectivity index (χ3n) is 5.97. The van der Waals surface area contributed by atoms with Crippen molar-refractivity contribution in [2.45, 2.75) is 77.2 Å². The number of piperidine rings is 1. The molecule has 2 fully saturated rings. The molecule has 0 radical (unpaired) electrons. The summed E-state index contributed by atoms with van der Waals surface area (Å²) < 4.78 is 116. The topological polar surface area (TPSA) is 91.0 Å². The first kappa shape index (κ1) is 16.0. The van der Waals surface area contributed by atoms with Crippen molar-refractivity contribution in [2.24, 2.45) is 0 Å². The van der Waals surface area contributed by atoms with Gasteiger partial charge in [0.1, 0.15) is 11.8 Å². The van der Waals surface area contributed by atoms with Gasteiger partial charge in [0.05, 0.1) is 18.1 Å². The van der Waals surface area contributed by atoms with Crippen LogP contribution < -0.4 is 10.6 Å². The molecule has 1 atom stereocenters. The summed E-state index contributed by atoms with van der Waals surface area (Å²) in [6.45, 7) is -0.740. The molecule has 3 amide bonds. The Morgan fingerprint density at radius 3 is 2.63 bits per heavy atom. The number of benzene rings is 2. The summed E-state index contributed by atoms with van der Waals surface area (Å²) in [4.78, 5) is 40.1. The first-order valence-corrected chi connectivity index (χ1v) is 11.9. The molecule has 3 aliphatic rings. The Hall–Kier alpha value is -3.30. The lowest BCUT2D eigenvalue weighted by Gasteiger charge is -2.47. The second-order valence-electron chi connectivity index (χ2n) is 10.4. The highest BCUT2D eigenvalue weighted by Crippen LogP contribution is 2.33. The van der Waals surface area contributed by atoms with Crippen molar-refractivity contribution in [3.05, 3.63) is 64.5 Å². The van der Waals surface area contributed by atoms with Gasteiger partial charge in [-0.1, -0.05) is 18.2 Å². The number of rotatable bonds is 6. The van der Waals surface area contributed by atoms with E-state index in [1.54, 1.807) is 27.7 Å². The van der Waals surface area contributed by atoms with Crippen molar-refractivity contribution in [2.75, 3.05) is 18.4 Å². The fourth-order valence-corrected chi connectivity index (χ4v) is 4.79. The van der Waals surface area contributed by atoms with Crippen LogP contribution >= 0.6 is 0 Å². The highest BCUT2D eigenvalue weighted by Gasteiger charge is 2.40. The summed E-state index contributed by atoms with van der Waals surface area (Å²) in [6, 6.07) is 2.84. The van der Waals surface area contributed by atoms with Gasteiger partial charge in [0.2, 0.25) is 11.8 Å². The molecule has 0 spiro atoms. The molecule has 2 aromatic carbocycles. The maximum atomic E-state index is 15.7. The van der Waals surface area contributed by atoms with Gasteiger partial charge in [-0.2, -0.15) is 0 Å². The molecule has 8 nitrogen and oxygen atoms in total. The molecule has 0 aromatic heterocycles. The lowest BCUT2D eigenvalue weighted by molar-refractivity contribution is -0.182. The maximum Gasteiger partial charge on any atom is 0.255 e. The highest BCUT2D eigenvalue weighted by molar-refractivity contribution is 6.06. The van der Waals surface area contributed by atoms with Crippen LogP contribution in [0.15, 0.2) is 36.4 Å². The molecule has 0 aliphatic carbocycles. The van der Waals surface area contributed by atoms with E-state index < -0.39 is 95.4 Å². The number of carbonyl (C=O) groups is 3. The van der Waals surface area contributed by atoms with Crippen LogP contribution in [-0.4, -0.2) is 57.8 Å². The number of hydrogen-bond acceptors (Lipinski definition) is 6. The van der Waals surface area contributed by atoms with E-state index in [2.05, 4.69) is 5.32 Å². The Morgan fingerprint density at radius 2 is 1.92 bits per heavy atom. The number of morpholine rings is 1. The van der Waals surface area contributed by atoms with Crippen LogP contribution in [0.2, 0.25) is 0 Å².